The Labute approximate surface area is 805 Å². The summed E-state index contributed by atoms with van der Waals surface area (Å²) in [6.07, 6.45) is -4.99. The molecule has 780 valence electrons. The first-order valence-electron chi connectivity index (χ1n) is 46.0. The lowest BCUT2D eigenvalue weighted by atomic mass is 9.95. The molecule has 1 aromatic carbocycles. The monoisotopic (exact) mass is 1970 g/mol. The molecule has 51 nitrogen and oxygen atoms in total. The van der Waals surface area contributed by atoms with E-state index in [4.69, 9.17) is 22.6 Å². The lowest BCUT2D eigenvalue weighted by Gasteiger charge is -2.30. The van der Waals surface area contributed by atoms with E-state index in [1.807, 2.05) is 0 Å². The molecule has 0 bridgehead atoms. The van der Waals surface area contributed by atoms with Crippen LogP contribution in [0.3, 0.4) is 0 Å². The molecule has 31 N–H and O–H groups in total. The minimum Gasteiger partial charge on any atom is -0.481 e. The molecule has 51 heteroatoms. The molecule has 0 aliphatic carbocycles. The minimum absolute atomic E-state index is 0.00488. The van der Waals surface area contributed by atoms with E-state index in [1.165, 1.54) is 13.8 Å². The van der Waals surface area contributed by atoms with Gasteiger partial charge in [0.15, 0.2) is 5.96 Å². The van der Waals surface area contributed by atoms with E-state index in [1.54, 1.807) is 106 Å². The quantitative estimate of drug-likeness (QED) is 0.0164. The number of aliphatic carboxylic acids is 3. The third-order valence-electron chi connectivity index (χ3n) is 22.6. The molecule has 0 unspecified atom stereocenters. The van der Waals surface area contributed by atoms with E-state index in [-0.39, 0.29) is 82.7 Å². The number of carbonyl (C=O) groups is 22. The molecular formula is C88H145N23O28. The second-order valence-electron chi connectivity index (χ2n) is 36.1. The topological polar surface area (TPSA) is 819 Å². The van der Waals surface area contributed by atoms with Gasteiger partial charge >= 0.3 is 17.9 Å². The van der Waals surface area contributed by atoms with Gasteiger partial charge in [-0.2, -0.15) is 0 Å². The van der Waals surface area contributed by atoms with Gasteiger partial charge in [-0.05, 0) is 114 Å². The van der Waals surface area contributed by atoms with E-state index in [0.29, 0.717) is 5.56 Å². The van der Waals surface area contributed by atoms with Crippen LogP contribution in [0, 0.1) is 40.9 Å². The van der Waals surface area contributed by atoms with Gasteiger partial charge in [-0.15, -0.1) is 0 Å². The van der Waals surface area contributed by atoms with Gasteiger partial charge in [0.25, 0.3) is 0 Å². The first-order chi connectivity index (χ1) is 64.8. The smallest absolute Gasteiger partial charge is 0.325 e. The Kier molecular flexibility index (Phi) is 52.3. The number of nitrogens with two attached hydrogens (primary N) is 3. The highest BCUT2D eigenvalue weighted by atomic mass is 16.4. The van der Waals surface area contributed by atoms with Crippen molar-refractivity contribution in [3.05, 3.63) is 35.9 Å². The molecule has 1 aliphatic heterocycles. The van der Waals surface area contributed by atoms with Crippen molar-refractivity contribution in [3.63, 3.8) is 0 Å². The van der Waals surface area contributed by atoms with Crippen LogP contribution in [0.15, 0.2) is 30.3 Å². The fraction of sp³-hybridized carbons (Fsp3) is 0.670. The predicted octanol–water partition coefficient (Wildman–Crippen LogP) is -8.10. The van der Waals surface area contributed by atoms with Crippen LogP contribution in [0.25, 0.3) is 0 Å². The Morgan fingerprint density at radius 3 is 1.22 bits per heavy atom. The van der Waals surface area contributed by atoms with E-state index in [2.05, 4.69) is 95.7 Å². The molecule has 19 amide bonds. The molecule has 1 saturated heterocycles. The van der Waals surface area contributed by atoms with Crippen molar-refractivity contribution in [1.29, 1.82) is 5.41 Å². The number of guanidine groups is 1. The maximum absolute atomic E-state index is 14.6. The third-order valence-corrected chi connectivity index (χ3v) is 22.6. The molecule has 0 radical (unpaired) electrons. The Morgan fingerprint density at radius 1 is 0.403 bits per heavy atom. The Hall–Kier alpha value is -13.3. The number of nitrogens with one attached hydrogen (secondary N) is 19. The molecule has 2 rings (SSSR count). The highest BCUT2D eigenvalue weighted by Gasteiger charge is 2.44. The number of aliphatic hydroxyl groups is 3. The number of benzene rings is 1. The molecule has 0 aromatic heterocycles. The second kappa shape index (κ2) is 59.7. The summed E-state index contributed by atoms with van der Waals surface area (Å²) in [5.74, 6) is -28.4. The number of carboxylic acids is 3. The van der Waals surface area contributed by atoms with Crippen molar-refractivity contribution < 1.29 is 136 Å². The fourth-order valence-corrected chi connectivity index (χ4v) is 14.0. The summed E-state index contributed by atoms with van der Waals surface area (Å²) in [5, 5.41) is 111. The predicted molar refractivity (Wildman–Crippen MR) is 497 cm³/mol. The van der Waals surface area contributed by atoms with Gasteiger partial charge in [-0.3, -0.25) is 111 Å². The molecule has 1 fully saturated rings. The summed E-state index contributed by atoms with van der Waals surface area (Å²) < 4.78 is 0. The van der Waals surface area contributed by atoms with Gasteiger partial charge in [0.2, 0.25) is 112 Å². The Balaban J connectivity index is 2.32. The second-order valence-corrected chi connectivity index (χ2v) is 36.1. The van der Waals surface area contributed by atoms with Gasteiger partial charge in [0.1, 0.15) is 109 Å². The number of hydrogen-bond acceptors (Lipinski definition) is 27. The maximum atomic E-state index is 14.6. The molecule has 0 spiro atoms. The normalized spacial score (nSPS) is 16.9. The van der Waals surface area contributed by atoms with Crippen molar-refractivity contribution in [2.45, 2.75) is 316 Å². The van der Waals surface area contributed by atoms with E-state index in [9.17, 15) is 136 Å². The Morgan fingerprint density at radius 2 is 0.763 bits per heavy atom. The standard InChI is InChI=1S/C88H145N23O28/c1-18-43(11)66(108-70(121)46(14)95-85(136)68(49(17)114)110-79(130)59(38-113)105-69(120)45(13)94-73(124)56(35-62(116)117)103-84(135)67(44(12)19-2)109-82(133)65(42(9)10)107-81(132)64(90)41(7)8)83(134)104-57(36-63(118)119)74(125)96-47(15)86(137)111-30-24-28-60(111)80(131)106-58(37-112)78(129)102-55(34-61(89)115)77(128)100-53(32-40(5)6)75(126)98-51(27-23-29-93-88(91)92)71(122)101-54(33-50-25-21-20-22-26-50)76(127)99-52(31-39(3)4)72(123)97-48(16)87(138)139/h20-22,25-26,39-49,51-60,64-68,112-114H,18-19,23-24,27-38,90H2,1-17H3,(H2,89,115)(H,94,124)(H,95,136)(H,96,125)(H,97,123)(H,98,126)(H,99,127)(H,100,128)(H,101,122)(H,102,129)(H,103,135)(H,104,134)(H,105,120)(H,106,131)(H,107,132)(H,108,121)(H,109,133)(H,110,130)(H,116,117)(H,118,119)(H,138,139)(H4,91,92,93)/t43-,44-,45-,46-,47-,48-,49+,51-,52-,53-,54-,55-,56-,57-,58-,59-,60-,64-,65-,66-,67-,68-/m0/s1. The van der Waals surface area contributed by atoms with Gasteiger partial charge in [-0.1, -0.05) is 126 Å². The third kappa shape index (κ3) is 41.9. The van der Waals surface area contributed by atoms with Crippen LogP contribution in [-0.4, -0.2) is 319 Å². The van der Waals surface area contributed by atoms with Crippen molar-refractivity contribution in [1.82, 2.24) is 101 Å². The minimum atomic E-state index is -2.00. The number of aliphatic hydroxyl groups excluding tert-OH is 3. The first-order valence-corrected chi connectivity index (χ1v) is 46.0. The SMILES string of the molecule is CC[C@H](C)[C@H](NC(=O)[C@H](C)NC(=O)[C@@H](NC(=O)[C@H](CO)NC(=O)[C@H](C)NC(=O)[C@H](CC(=O)O)NC(=O)[C@@H](NC(=O)[C@@H](NC(=O)[C@@H](N)C(C)C)C(C)C)[C@@H](C)CC)[C@@H](C)O)C(=O)N[C@@H](CC(=O)O)C(=O)N[C@@H](C)C(=O)N1CCC[C@H]1C(=O)N[C@@H](CO)C(=O)N[C@@H](CC(N)=O)C(=O)N[C@@H](CC(C)C)C(=O)N[C@@H](CCCNC(=N)N)C(=O)N[C@@H](Cc1ccccc1)C(=O)N[C@@H](CC(C)C)C(=O)N[C@@H](C)C(=O)O. The highest BCUT2D eigenvalue weighted by molar-refractivity contribution is 6.03. The largest absolute Gasteiger partial charge is 0.481 e. The van der Waals surface area contributed by atoms with Crippen LogP contribution in [0.5, 0.6) is 0 Å². The van der Waals surface area contributed by atoms with Crippen molar-refractivity contribution in [3.8, 4) is 0 Å². The number of hydrogen-bond donors (Lipinski definition) is 28. The zero-order valence-electron chi connectivity index (χ0n) is 81.6. The molecule has 22 atom stereocenters. The average Bonchev–Trinajstić information content (AvgIpc) is 1.74. The van der Waals surface area contributed by atoms with Crippen LogP contribution in [0.2, 0.25) is 0 Å². The van der Waals surface area contributed by atoms with Gasteiger partial charge in [-0.25, -0.2) is 0 Å². The zero-order chi connectivity index (χ0) is 106. The van der Waals surface area contributed by atoms with Crippen LogP contribution < -0.4 is 113 Å². The van der Waals surface area contributed by atoms with Gasteiger partial charge in [0, 0.05) is 19.5 Å². The zero-order valence-corrected chi connectivity index (χ0v) is 81.6. The van der Waals surface area contributed by atoms with E-state index >= 15 is 0 Å². The fourth-order valence-electron chi connectivity index (χ4n) is 14.0. The lowest BCUT2D eigenvalue weighted by molar-refractivity contribution is -0.144. The van der Waals surface area contributed by atoms with Crippen LogP contribution >= 0.6 is 0 Å². The molecule has 139 heavy (non-hydrogen) atoms. The summed E-state index contributed by atoms with van der Waals surface area (Å²) >= 11 is 0. The summed E-state index contributed by atoms with van der Waals surface area (Å²) in [6, 6.07) is -22.2. The number of primary amides is 1. The number of likely N-dealkylation sites (tertiary alicyclic amines) is 1. The summed E-state index contributed by atoms with van der Waals surface area (Å²) in [5.41, 5.74) is 17.6. The van der Waals surface area contributed by atoms with Gasteiger partial charge in [0.05, 0.1) is 44.6 Å². The van der Waals surface area contributed by atoms with Crippen LogP contribution in [0.1, 0.15) is 194 Å². The summed E-state index contributed by atoms with van der Waals surface area (Å²) in [6.45, 7) is 22.8. The van der Waals surface area contributed by atoms with Crippen LogP contribution in [-0.2, 0) is 112 Å². The van der Waals surface area contributed by atoms with Crippen molar-refractivity contribution in [2.24, 2.45) is 52.7 Å². The van der Waals surface area contributed by atoms with Crippen molar-refractivity contribution >= 4 is 136 Å². The number of carboxylic acid groups (broad SMARTS) is 3. The lowest BCUT2D eigenvalue weighted by Crippen LogP contribution is -2.62. The molecule has 0 saturated carbocycles. The summed E-state index contributed by atoms with van der Waals surface area (Å²) in [7, 11) is 0. The first kappa shape index (κ1) is 122. The maximum Gasteiger partial charge on any atom is 0.325 e. The highest BCUT2D eigenvalue weighted by Crippen LogP contribution is 2.21. The number of amides is 19. The Bertz CT molecular complexity index is 4450. The average molecular weight is 1970 g/mol. The molecule has 1 heterocycles. The van der Waals surface area contributed by atoms with Gasteiger partial charge < -0.3 is 148 Å². The van der Waals surface area contributed by atoms with E-state index in [0.717, 1.165) is 32.6 Å². The number of carbonyl (C=O) groups excluding carboxylic acids is 19. The van der Waals surface area contributed by atoms with E-state index < -0.39 is 313 Å². The van der Waals surface area contributed by atoms with Crippen molar-refractivity contribution in [2.75, 3.05) is 26.3 Å². The molecule has 1 aliphatic rings. The molecule has 1 aromatic rings. The van der Waals surface area contributed by atoms with Crippen LogP contribution in [0.4, 0.5) is 0 Å². The number of rotatable bonds is 61. The summed E-state index contributed by atoms with van der Waals surface area (Å²) in [4.78, 5) is 300. The molecular weight excluding hydrogens is 1830 g/mol. The number of nitrogens with zero attached hydrogens (tertiary/aromatic N) is 1.